The van der Waals surface area contributed by atoms with Gasteiger partial charge in [-0.2, -0.15) is 0 Å². The Morgan fingerprint density at radius 2 is 2.27 bits per heavy atom. The summed E-state index contributed by atoms with van der Waals surface area (Å²) in [6.45, 7) is 4.48. The lowest BCUT2D eigenvalue weighted by molar-refractivity contribution is -0.122. The summed E-state index contributed by atoms with van der Waals surface area (Å²) in [5.41, 5.74) is 0. The van der Waals surface area contributed by atoms with E-state index >= 15 is 0 Å². The molecule has 0 amide bonds. The molecule has 11 heavy (non-hydrogen) atoms. The molecule has 0 N–H and O–H groups in total. The van der Waals surface area contributed by atoms with E-state index in [1.165, 1.54) is 12.8 Å². The predicted octanol–water partition coefficient (Wildman–Crippen LogP) is 2.79. The first-order chi connectivity index (χ1) is 5.24. The van der Waals surface area contributed by atoms with Crippen LogP contribution in [0, 0.1) is 11.8 Å². The van der Waals surface area contributed by atoms with Crippen LogP contribution < -0.4 is 0 Å². The van der Waals surface area contributed by atoms with Crippen molar-refractivity contribution in [3.05, 3.63) is 0 Å². The molecule has 0 saturated heterocycles. The van der Waals surface area contributed by atoms with Crippen molar-refractivity contribution in [1.82, 2.24) is 0 Å². The molecule has 64 valence electrons. The smallest absolute Gasteiger partial charge is 0.133 e. The van der Waals surface area contributed by atoms with Gasteiger partial charge in [-0.25, -0.2) is 0 Å². The van der Waals surface area contributed by atoms with Gasteiger partial charge in [-0.3, -0.25) is 4.79 Å². The summed E-state index contributed by atoms with van der Waals surface area (Å²) >= 11 is 0. The molecule has 1 saturated carbocycles. The van der Waals surface area contributed by atoms with Gasteiger partial charge in [0, 0.05) is 12.8 Å². The highest BCUT2D eigenvalue weighted by Gasteiger charge is 2.24. The van der Waals surface area contributed by atoms with Crippen LogP contribution in [0.4, 0.5) is 0 Å². The molecule has 0 aromatic carbocycles. The third-order valence-electron chi connectivity index (χ3n) is 2.83. The Morgan fingerprint density at radius 1 is 1.55 bits per heavy atom. The van der Waals surface area contributed by atoms with Crippen molar-refractivity contribution < 1.29 is 4.79 Å². The van der Waals surface area contributed by atoms with Crippen LogP contribution in [0.5, 0.6) is 0 Å². The molecular weight excluding hydrogens is 136 g/mol. The maximum atomic E-state index is 11.1. The number of carbonyl (C=O) groups excluding carboxylic acids is 1. The van der Waals surface area contributed by atoms with Gasteiger partial charge in [0.05, 0.1) is 0 Å². The first-order valence-corrected chi connectivity index (χ1v) is 4.75. The van der Waals surface area contributed by atoms with Crippen molar-refractivity contribution in [2.75, 3.05) is 0 Å². The second-order valence-corrected chi connectivity index (χ2v) is 3.81. The standard InChI is InChI=1S/C10H18O/c1-3-4-9-7-10(11)6-5-8(9)2/h8-9H,3-7H2,1-2H3/t8-,9-/m1/s1. The molecule has 0 aromatic heterocycles. The Bertz CT molecular complexity index is 140. The van der Waals surface area contributed by atoms with E-state index in [9.17, 15) is 4.79 Å². The van der Waals surface area contributed by atoms with Crippen molar-refractivity contribution in [2.45, 2.75) is 46.0 Å². The van der Waals surface area contributed by atoms with E-state index in [1.54, 1.807) is 0 Å². The van der Waals surface area contributed by atoms with Crippen molar-refractivity contribution in [1.29, 1.82) is 0 Å². The lowest BCUT2D eigenvalue weighted by atomic mass is 9.77. The summed E-state index contributed by atoms with van der Waals surface area (Å²) in [7, 11) is 0. The Hall–Kier alpha value is -0.330. The van der Waals surface area contributed by atoms with Crippen LogP contribution in [-0.4, -0.2) is 5.78 Å². The molecule has 1 aliphatic carbocycles. The molecule has 1 aliphatic rings. The van der Waals surface area contributed by atoms with Gasteiger partial charge in [-0.1, -0.05) is 26.7 Å². The average molecular weight is 154 g/mol. The predicted molar refractivity (Wildman–Crippen MR) is 46.4 cm³/mol. The van der Waals surface area contributed by atoms with Gasteiger partial charge in [0.1, 0.15) is 5.78 Å². The van der Waals surface area contributed by atoms with E-state index < -0.39 is 0 Å². The van der Waals surface area contributed by atoms with E-state index in [0.717, 1.165) is 25.2 Å². The van der Waals surface area contributed by atoms with Gasteiger partial charge < -0.3 is 0 Å². The fraction of sp³-hybridized carbons (Fsp3) is 0.900. The molecular formula is C10H18O. The molecule has 0 aliphatic heterocycles. The van der Waals surface area contributed by atoms with Gasteiger partial charge in [-0.05, 0) is 18.3 Å². The quantitative estimate of drug-likeness (QED) is 0.597. The van der Waals surface area contributed by atoms with Crippen LogP contribution in [0.15, 0.2) is 0 Å². The van der Waals surface area contributed by atoms with Crippen molar-refractivity contribution in [3.8, 4) is 0 Å². The van der Waals surface area contributed by atoms with Gasteiger partial charge in [0.25, 0.3) is 0 Å². The van der Waals surface area contributed by atoms with E-state index in [4.69, 9.17) is 0 Å². The van der Waals surface area contributed by atoms with Crippen LogP contribution in [0.2, 0.25) is 0 Å². The average Bonchev–Trinajstić information content (AvgIpc) is 1.98. The minimum atomic E-state index is 0.488. The summed E-state index contributed by atoms with van der Waals surface area (Å²) in [6.07, 6.45) is 5.29. The second-order valence-electron chi connectivity index (χ2n) is 3.81. The molecule has 0 aromatic rings. The zero-order valence-corrected chi connectivity index (χ0v) is 7.60. The zero-order chi connectivity index (χ0) is 8.27. The van der Waals surface area contributed by atoms with Crippen molar-refractivity contribution in [2.24, 2.45) is 11.8 Å². The van der Waals surface area contributed by atoms with E-state index in [2.05, 4.69) is 13.8 Å². The molecule has 0 spiro atoms. The fourth-order valence-corrected chi connectivity index (χ4v) is 1.98. The molecule has 0 bridgehead atoms. The molecule has 1 fully saturated rings. The summed E-state index contributed by atoms with van der Waals surface area (Å²) in [6, 6.07) is 0. The number of hydrogen-bond donors (Lipinski definition) is 0. The largest absolute Gasteiger partial charge is 0.300 e. The van der Waals surface area contributed by atoms with Crippen molar-refractivity contribution >= 4 is 5.78 Å². The molecule has 0 unspecified atom stereocenters. The number of hydrogen-bond acceptors (Lipinski definition) is 1. The van der Waals surface area contributed by atoms with Gasteiger partial charge >= 0.3 is 0 Å². The Labute approximate surface area is 69.2 Å². The van der Waals surface area contributed by atoms with Crippen LogP contribution in [-0.2, 0) is 4.79 Å². The van der Waals surface area contributed by atoms with E-state index in [0.29, 0.717) is 11.7 Å². The summed E-state index contributed by atoms with van der Waals surface area (Å²) < 4.78 is 0. The molecule has 0 radical (unpaired) electrons. The molecule has 2 atom stereocenters. The summed E-state index contributed by atoms with van der Waals surface area (Å²) in [4.78, 5) is 11.1. The topological polar surface area (TPSA) is 17.1 Å². The molecule has 0 heterocycles. The van der Waals surface area contributed by atoms with Crippen molar-refractivity contribution in [3.63, 3.8) is 0 Å². The molecule has 1 rings (SSSR count). The van der Waals surface area contributed by atoms with E-state index in [1.807, 2.05) is 0 Å². The minimum absolute atomic E-state index is 0.488. The highest BCUT2D eigenvalue weighted by molar-refractivity contribution is 5.79. The highest BCUT2D eigenvalue weighted by Crippen LogP contribution is 2.30. The fourth-order valence-electron chi connectivity index (χ4n) is 1.98. The van der Waals surface area contributed by atoms with Gasteiger partial charge in [0.15, 0.2) is 0 Å². The lowest BCUT2D eigenvalue weighted by Gasteiger charge is -2.27. The maximum absolute atomic E-state index is 11.1. The Morgan fingerprint density at radius 3 is 2.91 bits per heavy atom. The van der Waals surface area contributed by atoms with Gasteiger partial charge in [-0.15, -0.1) is 0 Å². The first kappa shape index (κ1) is 8.76. The van der Waals surface area contributed by atoms with E-state index in [-0.39, 0.29) is 0 Å². The molecule has 1 heteroatoms. The van der Waals surface area contributed by atoms with Crippen LogP contribution in [0.1, 0.15) is 46.0 Å². The molecule has 1 nitrogen and oxygen atoms in total. The highest BCUT2D eigenvalue weighted by atomic mass is 16.1. The SMILES string of the molecule is CCC[C@@H]1CC(=O)CC[C@H]1C. The second kappa shape index (κ2) is 3.89. The maximum Gasteiger partial charge on any atom is 0.133 e. The normalized spacial score (nSPS) is 32.4. The minimum Gasteiger partial charge on any atom is -0.300 e. The summed E-state index contributed by atoms with van der Waals surface area (Å²) in [5, 5.41) is 0. The third-order valence-corrected chi connectivity index (χ3v) is 2.83. The monoisotopic (exact) mass is 154 g/mol. The zero-order valence-electron chi connectivity index (χ0n) is 7.60. The van der Waals surface area contributed by atoms with Crippen LogP contribution >= 0.6 is 0 Å². The Kier molecular flexibility index (Phi) is 3.10. The number of Topliss-reactive ketones (excluding diaryl/α,β-unsaturated/α-hetero) is 1. The number of rotatable bonds is 2. The van der Waals surface area contributed by atoms with Crippen LogP contribution in [0.25, 0.3) is 0 Å². The number of carbonyl (C=O) groups is 1. The Balaban J connectivity index is 2.40. The van der Waals surface area contributed by atoms with Crippen LogP contribution in [0.3, 0.4) is 0 Å². The first-order valence-electron chi connectivity index (χ1n) is 4.75. The lowest BCUT2D eigenvalue weighted by Crippen LogP contribution is -2.22. The number of ketones is 1. The third kappa shape index (κ3) is 2.32. The van der Waals surface area contributed by atoms with Gasteiger partial charge in [0.2, 0.25) is 0 Å². The summed E-state index contributed by atoms with van der Waals surface area (Å²) in [5.74, 6) is 1.97.